The summed E-state index contributed by atoms with van der Waals surface area (Å²) >= 11 is 0. The molecule has 0 amide bonds. The number of hydrogen-bond donors (Lipinski definition) is 1. The number of carbonyl (C=O) groups excluding carboxylic acids is 1. The van der Waals surface area contributed by atoms with E-state index in [9.17, 15) is 9.18 Å². The van der Waals surface area contributed by atoms with Crippen LogP contribution in [0.4, 0.5) is 4.39 Å². The van der Waals surface area contributed by atoms with E-state index in [0.29, 0.717) is 5.56 Å². The third kappa shape index (κ3) is 4.00. The summed E-state index contributed by atoms with van der Waals surface area (Å²) in [5, 5.41) is 2.99. The largest absolute Gasteiger partial charge is 0.465 e. The van der Waals surface area contributed by atoms with Crippen LogP contribution in [-0.2, 0) is 4.74 Å². The number of methoxy groups -OCH3 is 1. The summed E-state index contributed by atoms with van der Waals surface area (Å²) in [6.45, 7) is 0.846. The Morgan fingerprint density at radius 2 is 2.29 bits per heavy atom. The first kappa shape index (κ1) is 13.4. The lowest BCUT2D eigenvalue weighted by Crippen LogP contribution is -2.05. The highest BCUT2D eigenvalue weighted by atomic mass is 19.1. The molecule has 0 radical (unpaired) electrons. The Morgan fingerprint density at radius 3 is 2.88 bits per heavy atom. The van der Waals surface area contributed by atoms with Crippen LogP contribution in [-0.4, -0.2) is 26.7 Å². The second-order valence-corrected chi connectivity index (χ2v) is 3.52. The second kappa shape index (κ2) is 6.81. The van der Waals surface area contributed by atoms with Crippen LogP contribution < -0.4 is 5.32 Å². The van der Waals surface area contributed by atoms with Gasteiger partial charge in [0, 0.05) is 5.56 Å². The molecule has 0 heterocycles. The normalized spacial score (nSPS) is 10.8. The van der Waals surface area contributed by atoms with E-state index in [0.717, 1.165) is 13.0 Å². The first-order valence-electron chi connectivity index (χ1n) is 5.38. The van der Waals surface area contributed by atoms with Gasteiger partial charge in [-0.05, 0) is 32.1 Å². The van der Waals surface area contributed by atoms with Crippen LogP contribution in [0.2, 0.25) is 0 Å². The van der Waals surface area contributed by atoms with Crippen molar-refractivity contribution in [1.82, 2.24) is 5.32 Å². The Bertz CT molecular complexity index is 416. The predicted molar refractivity (Wildman–Crippen MR) is 65.3 cm³/mol. The fraction of sp³-hybridized carbons (Fsp3) is 0.308. The van der Waals surface area contributed by atoms with E-state index < -0.39 is 11.8 Å². The van der Waals surface area contributed by atoms with Gasteiger partial charge in [0.15, 0.2) is 0 Å². The highest BCUT2D eigenvalue weighted by Gasteiger charge is 2.07. The lowest BCUT2D eigenvalue weighted by atomic mass is 10.1. The van der Waals surface area contributed by atoms with Crippen molar-refractivity contribution in [3.63, 3.8) is 0 Å². The van der Waals surface area contributed by atoms with Gasteiger partial charge in [-0.15, -0.1) is 0 Å². The number of carbonyl (C=O) groups is 1. The van der Waals surface area contributed by atoms with E-state index >= 15 is 0 Å². The van der Waals surface area contributed by atoms with E-state index in [1.807, 2.05) is 13.1 Å². The van der Waals surface area contributed by atoms with Crippen LogP contribution in [0.15, 0.2) is 24.3 Å². The maximum Gasteiger partial charge on any atom is 0.337 e. The molecule has 0 aliphatic carbocycles. The fourth-order valence-corrected chi connectivity index (χ4v) is 1.35. The van der Waals surface area contributed by atoms with Crippen molar-refractivity contribution in [2.75, 3.05) is 20.7 Å². The first-order chi connectivity index (χ1) is 8.19. The summed E-state index contributed by atoms with van der Waals surface area (Å²) in [6.07, 6.45) is 4.41. The molecule has 0 aromatic heterocycles. The van der Waals surface area contributed by atoms with E-state index in [4.69, 9.17) is 0 Å². The van der Waals surface area contributed by atoms with Crippen molar-refractivity contribution in [3.8, 4) is 0 Å². The zero-order valence-electron chi connectivity index (χ0n) is 10.00. The van der Waals surface area contributed by atoms with Gasteiger partial charge in [-0.2, -0.15) is 0 Å². The highest BCUT2D eigenvalue weighted by molar-refractivity contribution is 5.89. The third-order valence-electron chi connectivity index (χ3n) is 2.28. The number of ether oxygens (including phenoxy) is 1. The lowest BCUT2D eigenvalue weighted by molar-refractivity contribution is 0.0600. The Balaban J connectivity index is 2.76. The molecule has 1 rings (SSSR count). The van der Waals surface area contributed by atoms with Crippen LogP contribution in [0.1, 0.15) is 22.3 Å². The van der Waals surface area contributed by atoms with Crippen molar-refractivity contribution in [2.24, 2.45) is 0 Å². The van der Waals surface area contributed by atoms with Gasteiger partial charge in [0.1, 0.15) is 5.82 Å². The molecule has 3 nitrogen and oxygen atoms in total. The maximum absolute atomic E-state index is 13.6. The summed E-state index contributed by atoms with van der Waals surface area (Å²) in [4.78, 5) is 11.2. The molecule has 1 N–H and O–H groups in total. The van der Waals surface area contributed by atoms with Gasteiger partial charge < -0.3 is 10.1 Å². The number of benzene rings is 1. The topological polar surface area (TPSA) is 38.3 Å². The molecule has 17 heavy (non-hydrogen) atoms. The van der Waals surface area contributed by atoms with Crippen molar-refractivity contribution in [1.29, 1.82) is 0 Å². The Kier molecular flexibility index (Phi) is 5.36. The van der Waals surface area contributed by atoms with Crippen molar-refractivity contribution >= 4 is 12.0 Å². The summed E-state index contributed by atoms with van der Waals surface area (Å²) in [7, 11) is 3.13. The Hall–Kier alpha value is -1.68. The van der Waals surface area contributed by atoms with E-state index in [1.165, 1.54) is 13.2 Å². The molecular weight excluding hydrogens is 221 g/mol. The molecule has 0 unspecified atom stereocenters. The van der Waals surface area contributed by atoms with Crippen LogP contribution in [0.5, 0.6) is 0 Å². The van der Waals surface area contributed by atoms with E-state index in [2.05, 4.69) is 10.1 Å². The summed E-state index contributed by atoms with van der Waals surface area (Å²) in [5.74, 6) is -0.955. The molecule has 0 fully saturated rings. The second-order valence-electron chi connectivity index (χ2n) is 3.52. The zero-order chi connectivity index (χ0) is 12.7. The molecule has 0 aliphatic heterocycles. The number of rotatable bonds is 5. The first-order valence-corrected chi connectivity index (χ1v) is 5.38. The molecule has 0 saturated heterocycles. The molecule has 0 atom stereocenters. The molecule has 0 spiro atoms. The lowest BCUT2D eigenvalue weighted by Gasteiger charge is -2.01. The van der Waals surface area contributed by atoms with Crippen molar-refractivity contribution in [2.45, 2.75) is 6.42 Å². The third-order valence-corrected chi connectivity index (χ3v) is 2.28. The maximum atomic E-state index is 13.6. The van der Waals surface area contributed by atoms with Crippen LogP contribution >= 0.6 is 0 Å². The number of nitrogens with one attached hydrogen (secondary N) is 1. The summed E-state index contributed by atoms with van der Waals surface area (Å²) in [5.41, 5.74) is 0.686. The molecule has 1 aromatic rings. The minimum absolute atomic E-state index is 0.220. The van der Waals surface area contributed by atoms with Crippen LogP contribution in [0, 0.1) is 5.82 Å². The van der Waals surface area contributed by atoms with Gasteiger partial charge >= 0.3 is 5.97 Å². The van der Waals surface area contributed by atoms with E-state index in [-0.39, 0.29) is 5.56 Å². The molecule has 4 heteroatoms. The Labute approximate surface area is 100 Å². The Morgan fingerprint density at radius 1 is 1.53 bits per heavy atom. The number of esters is 1. The van der Waals surface area contributed by atoms with Crippen LogP contribution in [0.3, 0.4) is 0 Å². The molecule has 0 aliphatic rings. The molecule has 92 valence electrons. The standard InChI is InChI=1S/C13H16FNO2/c1-15-8-4-3-5-10-6-7-11(9-12(10)14)13(16)17-2/h3,5-7,9,15H,4,8H2,1-2H3. The van der Waals surface area contributed by atoms with Gasteiger partial charge in [0.05, 0.1) is 12.7 Å². The minimum atomic E-state index is -0.533. The van der Waals surface area contributed by atoms with E-state index in [1.54, 1.807) is 18.2 Å². The number of hydrogen-bond acceptors (Lipinski definition) is 3. The van der Waals surface area contributed by atoms with Gasteiger partial charge in [-0.25, -0.2) is 9.18 Å². The van der Waals surface area contributed by atoms with Gasteiger partial charge in [-0.1, -0.05) is 18.2 Å². The smallest absolute Gasteiger partial charge is 0.337 e. The van der Waals surface area contributed by atoms with Gasteiger partial charge in [0.2, 0.25) is 0 Å². The monoisotopic (exact) mass is 237 g/mol. The molecule has 1 aromatic carbocycles. The van der Waals surface area contributed by atoms with Crippen molar-refractivity contribution < 1.29 is 13.9 Å². The zero-order valence-corrected chi connectivity index (χ0v) is 10.00. The predicted octanol–water partition coefficient (Wildman–Crippen LogP) is 2.24. The SMILES string of the molecule is CNCCC=Cc1ccc(C(=O)OC)cc1F. The summed E-state index contributed by atoms with van der Waals surface area (Å²) < 4.78 is 18.1. The highest BCUT2D eigenvalue weighted by Crippen LogP contribution is 2.13. The van der Waals surface area contributed by atoms with Crippen molar-refractivity contribution in [3.05, 3.63) is 41.2 Å². The molecular formula is C13H16FNO2. The van der Waals surface area contributed by atoms with Gasteiger partial charge in [0.25, 0.3) is 0 Å². The molecule has 0 saturated carbocycles. The quantitative estimate of drug-likeness (QED) is 0.630. The fourth-order valence-electron chi connectivity index (χ4n) is 1.35. The molecule has 0 bridgehead atoms. The minimum Gasteiger partial charge on any atom is -0.465 e. The summed E-state index contributed by atoms with van der Waals surface area (Å²) in [6, 6.07) is 4.30. The average molecular weight is 237 g/mol. The van der Waals surface area contributed by atoms with Gasteiger partial charge in [-0.3, -0.25) is 0 Å². The van der Waals surface area contributed by atoms with Crippen LogP contribution in [0.25, 0.3) is 6.08 Å². The average Bonchev–Trinajstić information content (AvgIpc) is 2.35. The number of halogens is 1.